The first kappa shape index (κ1) is 17.7. The summed E-state index contributed by atoms with van der Waals surface area (Å²) in [4.78, 5) is 13.2. The largest absolute Gasteiger partial charge is 0.468 e. The maximum Gasteiger partial charge on any atom is 0.320 e. The van der Waals surface area contributed by atoms with E-state index >= 15 is 0 Å². The quantitative estimate of drug-likeness (QED) is 0.782. The average molecular weight is 349 g/mol. The van der Waals surface area contributed by atoms with Crippen molar-refractivity contribution in [1.29, 1.82) is 0 Å². The number of hydrogen-bond acceptors (Lipinski definition) is 7. The van der Waals surface area contributed by atoms with E-state index in [1.54, 1.807) is 7.11 Å². The molecule has 1 fully saturated rings. The van der Waals surface area contributed by atoms with Crippen molar-refractivity contribution < 1.29 is 14.2 Å². The van der Waals surface area contributed by atoms with Crippen molar-refractivity contribution in [3.63, 3.8) is 0 Å². The Morgan fingerprint density at radius 2 is 2.20 bits per heavy atom. The second kappa shape index (κ2) is 7.86. The Kier molecular flexibility index (Phi) is 5.57. The van der Waals surface area contributed by atoms with E-state index in [-0.39, 0.29) is 18.2 Å². The normalized spacial score (nSPS) is 18.6. The molecule has 0 aromatic carbocycles. The third-order valence-electron chi connectivity index (χ3n) is 4.45. The summed E-state index contributed by atoms with van der Waals surface area (Å²) in [5.41, 5.74) is 7.26. The number of nitrogens with two attached hydrogens (primary N) is 1. The van der Waals surface area contributed by atoms with E-state index in [4.69, 9.17) is 19.9 Å². The van der Waals surface area contributed by atoms with E-state index in [0.29, 0.717) is 29.5 Å². The van der Waals surface area contributed by atoms with Gasteiger partial charge in [0.25, 0.3) is 6.01 Å². The Labute approximate surface area is 147 Å². The molecule has 0 amide bonds. The number of rotatable bonds is 8. The molecule has 0 radical (unpaired) electrons. The summed E-state index contributed by atoms with van der Waals surface area (Å²) in [5.74, 6) is 0.304. The number of methoxy groups -OCH3 is 1. The van der Waals surface area contributed by atoms with Crippen LogP contribution in [0.5, 0.6) is 12.0 Å². The van der Waals surface area contributed by atoms with Crippen molar-refractivity contribution in [3.05, 3.63) is 0 Å². The molecule has 8 heteroatoms. The highest BCUT2D eigenvalue weighted by Crippen LogP contribution is 2.27. The Morgan fingerprint density at radius 1 is 1.36 bits per heavy atom. The van der Waals surface area contributed by atoms with Gasteiger partial charge in [-0.3, -0.25) is 4.57 Å². The molecule has 1 aliphatic rings. The van der Waals surface area contributed by atoms with Gasteiger partial charge in [-0.15, -0.1) is 0 Å². The van der Waals surface area contributed by atoms with E-state index in [1.807, 2.05) is 11.5 Å². The SMILES string of the molecule is CCC[C@@H](C)Oc1nc(N)c2nc(OC)n(CCC3CCCO3)c2n1. The van der Waals surface area contributed by atoms with Crippen LogP contribution in [0.2, 0.25) is 0 Å². The van der Waals surface area contributed by atoms with Gasteiger partial charge in [-0.1, -0.05) is 13.3 Å². The number of nitrogen functional groups attached to an aromatic ring is 1. The zero-order chi connectivity index (χ0) is 17.8. The lowest BCUT2D eigenvalue weighted by atomic mass is 10.2. The molecule has 25 heavy (non-hydrogen) atoms. The summed E-state index contributed by atoms with van der Waals surface area (Å²) in [6.45, 7) is 5.66. The zero-order valence-electron chi connectivity index (χ0n) is 15.2. The smallest absolute Gasteiger partial charge is 0.320 e. The molecule has 0 spiro atoms. The first-order chi connectivity index (χ1) is 12.1. The van der Waals surface area contributed by atoms with Crippen molar-refractivity contribution in [1.82, 2.24) is 19.5 Å². The predicted molar refractivity (Wildman–Crippen MR) is 94.9 cm³/mol. The Hall–Kier alpha value is -2.09. The lowest BCUT2D eigenvalue weighted by Crippen LogP contribution is -2.14. The van der Waals surface area contributed by atoms with Gasteiger partial charge in [0.2, 0.25) is 0 Å². The summed E-state index contributed by atoms with van der Waals surface area (Å²) >= 11 is 0. The molecule has 2 N–H and O–H groups in total. The van der Waals surface area contributed by atoms with Gasteiger partial charge in [0.15, 0.2) is 17.0 Å². The third-order valence-corrected chi connectivity index (χ3v) is 4.45. The van der Waals surface area contributed by atoms with Gasteiger partial charge in [0, 0.05) is 13.2 Å². The van der Waals surface area contributed by atoms with E-state index in [0.717, 1.165) is 38.7 Å². The maximum atomic E-state index is 6.07. The fourth-order valence-electron chi connectivity index (χ4n) is 3.18. The van der Waals surface area contributed by atoms with Crippen molar-refractivity contribution >= 4 is 17.0 Å². The van der Waals surface area contributed by atoms with Gasteiger partial charge in [0.1, 0.15) is 0 Å². The van der Waals surface area contributed by atoms with E-state index in [2.05, 4.69) is 21.9 Å². The first-order valence-corrected chi connectivity index (χ1v) is 8.98. The molecule has 3 rings (SSSR count). The Balaban J connectivity index is 1.88. The fourth-order valence-corrected chi connectivity index (χ4v) is 3.18. The molecular formula is C17H27N5O3. The van der Waals surface area contributed by atoms with E-state index in [9.17, 15) is 0 Å². The Morgan fingerprint density at radius 3 is 2.88 bits per heavy atom. The molecule has 2 aromatic heterocycles. The molecule has 1 saturated heterocycles. The molecule has 0 saturated carbocycles. The number of anilines is 1. The van der Waals surface area contributed by atoms with E-state index < -0.39 is 0 Å². The van der Waals surface area contributed by atoms with Gasteiger partial charge in [-0.2, -0.15) is 15.0 Å². The molecule has 3 heterocycles. The van der Waals surface area contributed by atoms with Gasteiger partial charge >= 0.3 is 6.01 Å². The number of nitrogens with zero attached hydrogens (tertiary/aromatic N) is 4. The lowest BCUT2D eigenvalue weighted by Gasteiger charge is -2.13. The number of imidazole rings is 1. The van der Waals surface area contributed by atoms with Crippen LogP contribution in [0.25, 0.3) is 11.2 Å². The fraction of sp³-hybridized carbons (Fsp3) is 0.706. The standard InChI is InChI=1S/C17H27N5O3/c1-4-6-11(2)25-16-20-14(18)13-15(21-16)22(17(19-13)23-3)9-8-12-7-5-10-24-12/h11-12H,4-10H2,1-3H3,(H2,18,20,21)/t11-,12?/m1/s1. The highest BCUT2D eigenvalue weighted by Gasteiger charge is 2.21. The van der Waals surface area contributed by atoms with Gasteiger partial charge in [-0.25, -0.2) is 0 Å². The minimum Gasteiger partial charge on any atom is -0.468 e. The second-order valence-corrected chi connectivity index (χ2v) is 6.45. The van der Waals surface area contributed by atoms with Crippen molar-refractivity contribution in [2.75, 3.05) is 19.5 Å². The van der Waals surface area contributed by atoms with Crippen LogP contribution >= 0.6 is 0 Å². The number of fused-ring (bicyclic) bond motifs is 1. The zero-order valence-corrected chi connectivity index (χ0v) is 15.2. The highest BCUT2D eigenvalue weighted by atomic mass is 16.5. The molecule has 2 aromatic rings. The predicted octanol–water partition coefficient (Wildman–Crippen LogP) is 2.55. The monoisotopic (exact) mass is 349 g/mol. The van der Waals surface area contributed by atoms with Crippen molar-refractivity contribution in [3.8, 4) is 12.0 Å². The Bertz CT molecular complexity index is 712. The number of hydrogen-bond donors (Lipinski definition) is 1. The molecule has 1 unspecified atom stereocenters. The molecular weight excluding hydrogens is 322 g/mol. The van der Waals surface area contributed by atoms with Crippen LogP contribution in [-0.2, 0) is 11.3 Å². The molecule has 1 aliphatic heterocycles. The van der Waals surface area contributed by atoms with Crippen LogP contribution in [0.15, 0.2) is 0 Å². The summed E-state index contributed by atoms with van der Waals surface area (Å²) < 4.78 is 18.8. The van der Waals surface area contributed by atoms with Gasteiger partial charge in [0.05, 0.1) is 19.3 Å². The van der Waals surface area contributed by atoms with Crippen LogP contribution in [-0.4, -0.2) is 45.4 Å². The van der Waals surface area contributed by atoms with Gasteiger partial charge < -0.3 is 19.9 Å². The summed E-state index contributed by atoms with van der Waals surface area (Å²) in [6, 6.07) is 0.764. The van der Waals surface area contributed by atoms with Crippen LogP contribution < -0.4 is 15.2 Å². The minimum absolute atomic E-state index is 0.0343. The summed E-state index contributed by atoms with van der Waals surface area (Å²) in [7, 11) is 1.59. The minimum atomic E-state index is 0.0343. The maximum absolute atomic E-state index is 6.07. The van der Waals surface area contributed by atoms with Crippen LogP contribution in [0.4, 0.5) is 5.82 Å². The first-order valence-electron chi connectivity index (χ1n) is 8.98. The lowest BCUT2D eigenvalue weighted by molar-refractivity contribution is 0.0999. The van der Waals surface area contributed by atoms with Crippen molar-refractivity contribution in [2.24, 2.45) is 0 Å². The number of aromatic nitrogens is 4. The summed E-state index contributed by atoms with van der Waals surface area (Å²) in [5, 5.41) is 0. The molecule has 138 valence electrons. The topological polar surface area (TPSA) is 97.3 Å². The van der Waals surface area contributed by atoms with Gasteiger partial charge in [-0.05, 0) is 32.6 Å². The molecule has 0 aliphatic carbocycles. The van der Waals surface area contributed by atoms with Crippen molar-refractivity contribution in [2.45, 2.75) is 64.7 Å². The molecule has 2 atom stereocenters. The average Bonchev–Trinajstić information content (AvgIpc) is 3.20. The highest BCUT2D eigenvalue weighted by molar-refractivity contribution is 5.83. The second-order valence-electron chi connectivity index (χ2n) is 6.45. The third kappa shape index (κ3) is 3.95. The molecule has 8 nitrogen and oxygen atoms in total. The molecule has 0 bridgehead atoms. The van der Waals surface area contributed by atoms with Crippen LogP contribution in [0.3, 0.4) is 0 Å². The number of ether oxygens (including phenoxy) is 3. The van der Waals surface area contributed by atoms with E-state index in [1.165, 1.54) is 0 Å². The summed E-state index contributed by atoms with van der Waals surface area (Å²) in [6.07, 6.45) is 5.38. The van der Waals surface area contributed by atoms with Crippen LogP contribution in [0, 0.1) is 0 Å². The van der Waals surface area contributed by atoms with Crippen LogP contribution in [0.1, 0.15) is 46.0 Å². The number of aryl methyl sites for hydroxylation is 1.